The number of rotatable bonds is 4. The molecule has 0 saturated carbocycles. The summed E-state index contributed by atoms with van der Waals surface area (Å²) in [5, 5.41) is 2.21. The summed E-state index contributed by atoms with van der Waals surface area (Å²) >= 11 is 6.75. The Morgan fingerprint density at radius 1 is 1.14 bits per heavy atom. The van der Waals surface area contributed by atoms with Crippen LogP contribution < -0.4 is 15.0 Å². The van der Waals surface area contributed by atoms with E-state index in [-0.39, 0.29) is 12.2 Å². The zero-order chi connectivity index (χ0) is 21.1. The quantitative estimate of drug-likeness (QED) is 0.374. The molecule has 1 saturated heterocycles. The van der Waals surface area contributed by atoms with E-state index in [1.807, 2.05) is 6.92 Å². The highest BCUT2D eigenvalue weighted by molar-refractivity contribution is 9.10. The van der Waals surface area contributed by atoms with Gasteiger partial charge in [-0.15, -0.1) is 6.42 Å². The summed E-state index contributed by atoms with van der Waals surface area (Å²) in [5.41, 5.74) is 1.63. The van der Waals surface area contributed by atoms with Crippen molar-refractivity contribution in [3.05, 3.63) is 62.0 Å². The Kier molecular flexibility index (Phi) is 6.20. The van der Waals surface area contributed by atoms with Crippen LogP contribution in [0.15, 0.2) is 50.9 Å². The highest BCUT2D eigenvalue weighted by Crippen LogP contribution is 2.29. The molecule has 1 N–H and O–H groups in total. The Labute approximate surface area is 184 Å². The summed E-state index contributed by atoms with van der Waals surface area (Å²) in [7, 11) is 0. The first-order valence-corrected chi connectivity index (χ1v) is 9.94. The Morgan fingerprint density at radius 2 is 1.90 bits per heavy atom. The first kappa shape index (κ1) is 20.8. The molecule has 4 amide bonds. The highest BCUT2D eigenvalue weighted by atomic mass is 79.9. The summed E-state index contributed by atoms with van der Waals surface area (Å²) in [4.78, 5) is 38.5. The molecule has 2 aromatic carbocycles. The number of ether oxygens (including phenoxy) is 1. The molecule has 0 unspecified atom stereocenters. The van der Waals surface area contributed by atoms with E-state index in [1.54, 1.807) is 36.4 Å². The van der Waals surface area contributed by atoms with E-state index < -0.39 is 17.8 Å². The molecule has 0 atom stereocenters. The van der Waals surface area contributed by atoms with Crippen LogP contribution in [0.4, 0.5) is 10.5 Å². The van der Waals surface area contributed by atoms with Gasteiger partial charge in [-0.25, -0.2) is 9.69 Å². The second-order valence-corrected chi connectivity index (χ2v) is 7.78. The van der Waals surface area contributed by atoms with Crippen molar-refractivity contribution in [1.29, 1.82) is 0 Å². The lowest BCUT2D eigenvalue weighted by molar-refractivity contribution is -0.122. The third-order valence-electron chi connectivity index (χ3n) is 4.08. The van der Waals surface area contributed by atoms with Gasteiger partial charge in [-0.2, -0.15) is 0 Å². The first-order chi connectivity index (χ1) is 13.8. The zero-order valence-corrected chi connectivity index (χ0v) is 18.3. The van der Waals surface area contributed by atoms with Crippen molar-refractivity contribution >= 4 is 61.5 Å². The fraction of sp³-hybridized carbons (Fsp3) is 0.0952. The van der Waals surface area contributed by atoms with Gasteiger partial charge >= 0.3 is 6.03 Å². The number of nitrogens with one attached hydrogen (secondary N) is 1. The number of imide groups is 2. The number of amides is 4. The summed E-state index contributed by atoms with van der Waals surface area (Å²) in [6.45, 7) is 1.95. The van der Waals surface area contributed by atoms with Crippen molar-refractivity contribution in [1.82, 2.24) is 5.32 Å². The molecule has 1 aliphatic heterocycles. The van der Waals surface area contributed by atoms with Crippen LogP contribution in [-0.4, -0.2) is 24.5 Å². The number of urea groups is 1. The molecule has 0 radical (unpaired) electrons. The van der Waals surface area contributed by atoms with Crippen molar-refractivity contribution in [2.75, 3.05) is 11.5 Å². The van der Waals surface area contributed by atoms with Gasteiger partial charge < -0.3 is 4.74 Å². The van der Waals surface area contributed by atoms with Gasteiger partial charge in [-0.1, -0.05) is 27.9 Å². The molecule has 0 spiro atoms. The van der Waals surface area contributed by atoms with E-state index >= 15 is 0 Å². The van der Waals surface area contributed by atoms with Crippen LogP contribution in [0.3, 0.4) is 0 Å². The molecule has 0 aromatic heterocycles. The lowest BCUT2D eigenvalue weighted by Gasteiger charge is -2.26. The lowest BCUT2D eigenvalue weighted by Crippen LogP contribution is -2.54. The number of barbiturate groups is 1. The second kappa shape index (κ2) is 8.64. The average molecular weight is 518 g/mol. The van der Waals surface area contributed by atoms with Gasteiger partial charge in [0.25, 0.3) is 11.8 Å². The van der Waals surface area contributed by atoms with Gasteiger partial charge in [0.1, 0.15) is 17.9 Å². The zero-order valence-electron chi connectivity index (χ0n) is 15.2. The molecular weight excluding hydrogens is 504 g/mol. The van der Waals surface area contributed by atoms with E-state index in [1.165, 1.54) is 6.08 Å². The number of aryl methyl sites for hydroxylation is 1. The topological polar surface area (TPSA) is 75.7 Å². The Hall–Kier alpha value is -2.89. The maximum Gasteiger partial charge on any atom is 0.335 e. The van der Waals surface area contributed by atoms with Crippen LogP contribution >= 0.6 is 31.9 Å². The van der Waals surface area contributed by atoms with Gasteiger partial charge in [0.05, 0.1) is 10.2 Å². The largest absolute Gasteiger partial charge is 0.480 e. The van der Waals surface area contributed by atoms with Crippen LogP contribution in [-0.2, 0) is 9.59 Å². The summed E-state index contributed by atoms with van der Waals surface area (Å²) in [5.74, 6) is 1.45. The van der Waals surface area contributed by atoms with Crippen LogP contribution in [0.25, 0.3) is 6.08 Å². The van der Waals surface area contributed by atoms with Crippen LogP contribution in [0.2, 0.25) is 0 Å². The number of hydrogen-bond acceptors (Lipinski definition) is 4. The van der Waals surface area contributed by atoms with Gasteiger partial charge in [-0.05, 0) is 70.4 Å². The molecule has 3 rings (SSSR count). The Morgan fingerprint density at radius 3 is 2.55 bits per heavy atom. The van der Waals surface area contributed by atoms with Crippen molar-refractivity contribution in [2.45, 2.75) is 6.92 Å². The fourth-order valence-corrected chi connectivity index (χ4v) is 3.43. The van der Waals surface area contributed by atoms with Gasteiger partial charge in [0.15, 0.2) is 0 Å². The summed E-state index contributed by atoms with van der Waals surface area (Å²) < 4.78 is 6.83. The maximum absolute atomic E-state index is 12.9. The monoisotopic (exact) mass is 516 g/mol. The molecule has 2 aromatic rings. The number of benzene rings is 2. The van der Waals surface area contributed by atoms with Crippen LogP contribution in [0, 0.1) is 19.3 Å². The predicted molar refractivity (Wildman–Crippen MR) is 116 cm³/mol. The first-order valence-electron chi connectivity index (χ1n) is 8.35. The standard InChI is InChI=1S/C21H14Br2N2O4/c1-3-8-29-18-7-4-13(11-17(18)23)10-15-19(26)24-21(28)25(20(15)27)14-5-6-16(22)12(2)9-14/h1,4-7,9-11H,8H2,2H3,(H,24,26,28)/b15-10+. The van der Waals surface area contributed by atoms with Crippen LogP contribution in [0.5, 0.6) is 5.75 Å². The smallest absolute Gasteiger partial charge is 0.335 e. The minimum atomic E-state index is -0.793. The number of terminal acetylenes is 1. The van der Waals surface area contributed by atoms with Crippen molar-refractivity contribution in [2.24, 2.45) is 0 Å². The number of hydrogen-bond donors (Lipinski definition) is 1. The second-order valence-electron chi connectivity index (χ2n) is 6.07. The molecule has 8 heteroatoms. The van der Waals surface area contributed by atoms with Crippen LogP contribution in [0.1, 0.15) is 11.1 Å². The van der Waals surface area contributed by atoms with E-state index in [2.05, 4.69) is 43.1 Å². The average Bonchev–Trinajstić information content (AvgIpc) is 2.67. The molecule has 6 nitrogen and oxygen atoms in total. The number of anilines is 1. The lowest BCUT2D eigenvalue weighted by atomic mass is 10.1. The highest BCUT2D eigenvalue weighted by Gasteiger charge is 2.36. The molecule has 29 heavy (non-hydrogen) atoms. The molecule has 1 fully saturated rings. The minimum Gasteiger partial charge on any atom is -0.480 e. The van der Waals surface area contributed by atoms with E-state index in [4.69, 9.17) is 11.2 Å². The van der Waals surface area contributed by atoms with Crippen molar-refractivity contribution in [3.63, 3.8) is 0 Å². The SMILES string of the molecule is C#CCOc1ccc(/C=C2\C(=O)NC(=O)N(c3ccc(Br)c(C)c3)C2=O)cc1Br. The maximum atomic E-state index is 12.9. The third-order valence-corrected chi connectivity index (χ3v) is 5.59. The summed E-state index contributed by atoms with van der Waals surface area (Å²) in [6.07, 6.45) is 6.60. The molecule has 1 aliphatic rings. The van der Waals surface area contributed by atoms with Crippen molar-refractivity contribution in [3.8, 4) is 18.1 Å². The third kappa shape index (κ3) is 4.42. The number of halogens is 2. The molecule has 146 valence electrons. The van der Waals surface area contributed by atoms with E-state index in [0.717, 1.165) is 14.9 Å². The summed E-state index contributed by atoms with van der Waals surface area (Å²) in [6, 6.07) is 9.27. The molecule has 0 bridgehead atoms. The number of nitrogens with zero attached hydrogens (tertiary/aromatic N) is 1. The molecule has 1 heterocycles. The van der Waals surface area contributed by atoms with Crippen molar-refractivity contribution < 1.29 is 19.1 Å². The van der Waals surface area contributed by atoms with Gasteiger partial charge in [0.2, 0.25) is 0 Å². The Bertz CT molecular complexity index is 1100. The van der Waals surface area contributed by atoms with E-state index in [9.17, 15) is 14.4 Å². The number of carbonyl (C=O) groups is 3. The van der Waals surface area contributed by atoms with Gasteiger partial charge in [-0.3, -0.25) is 14.9 Å². The predicted octanol–water partition coefficient (Wildman–Crippen LogP) is 4.20. The van der Waals surface area contributed by atoms with E-state index in [0.29, 0.717) is 21.5 Å². The molecule has 0 aliphatic carbocycles. The van der Waals surface area contributed by atoms with Gasteiger partial charge in [0, 0.05) is 4.47 Å². The fourth-order valence-electron chi connectivity index (χ4n) is 2.67. The normalized spacial score (nSPS) is 15.3. The minimum absolute atomic E-state index is 0.115. The number of carbonyl (C=O) groups excluding carboxylic acids is 3. The molecular formula is C21H14Br2N2O4. The Balaban J connectivity index is 1.96.